The van der Waals surface area contributed by atoms with Crippen molar-refractivity contribution < 1.29 is 19.1 Å². The number of cyclic esters (lactones) is 1. The number of hydrogen-bond acceptors (Lipinski definition) is 4. The van der Waals surface area contributed by atoms with Crippen LogP contribution in [0.1, 0.15) is 21.5 Å². The molecule has 2 heterocycles. The lowest BCUT2D eigenvalue weighted by molar-refractivity contribution is -0.114. The summed E-state index contributed by atoms with van der Waals surface area (Å²) in [5, 5.41) is 2.53. The van der Waals surface area contributed by atoms with Crippen molar-refractivity contribution in [3.63, 3.8) is 0 Å². The van der Waals surface area contributed by atoms with Gasteiger partial charge in [0.1, 0.15) is 6.10 Å². The van der Waals surface area contributed by atoms with Crippen LogP contribution in [0.25, 0.3) is 0 Å². The number of amides is 2. The van der Waals surface area contributed by atoms with Gasteiger partial charge in [0.05, 0.1) is 24.3 Å². The second kappa shape index (κ2) is 4.33. The Kier molecular flexibility index (Phi) is 2.74. The number of ketones is 1. The van der Waals surface area contributed by atoms with E-state index in [-0.39, 0.29) is 6.54 Å². The molecule has 2 amide bonds. The van der Waals surface area contributed by atoms with Gasteiger partial charge in [-0.1, -0.05) is 6.07 Å². The highest BCUT2D eigenvalue weighted by Gasteiger charge is 2.39. The molecule has 1 N–H and O–H groups in total. The molecule has 6 heteroatoms. The Morgan fingerprint density at radius 1 is 1.30 bits per heavy atom. The van der Waals surface area contributed by atoms with Crippen LogP contribution in [-0.2, 0) is 9.53 Å². The van der Waals surface area contributed by atoms with Crippen LogP contribution < -0.4 is 10.2 Å². The maximum atomic E-state index is 12.1. The molecule has 1 aromatic carbocycles. The number of alkyl carbamates (subject to hydrolysis) is 1. The third-order valence-corrected chi connectivity index (χ3v) is 3.53. The molecule has 1 saturated heterocycles. The van der Waals surface area contributed by atoms with Gasteiger partial charge in [0, 0.05) is 0 Å². The summed E-state index contributed by atoms with van der Waals surface area (Å²) in [5.41, 5.74) is 2.88. The minimum Gasteiger partial charge on any atom is -0.442 e. The van der Waals surface area contributed by atoms with Crippen LogP contribution in [0.3, 0.4) is 0 Å². The zero-order chi connectivity index (χ0) is 14.4. The molecule has 0 radical (unpaired) electrons. The molecule has 2 aliphatic heterocycles. The molecule has 1 aromatic rings. The summed E-state index contributed by atoms with van der Waals surface area (Å²) in [4.78, 5) is 36.6. The Labute approximate surface area is 115 Å². The number of carbonyl (C=O) groups excluding carboxylic acids is 3. The number of rotatable bonds is 2. The molecule has 0 aromatic heterocycles. The summed E-state index contributed by atoms with van der Waals surface area (Å²) in [6.45, 7) is 4.29. The topological polar surface area (TPSA) is 75.7 Å². The van der Waals surface area contributed by atoms with Gasteiger partial charge in [-0.05, 0) is 31.0 Å². The van der Waals surface area contributed by atoms with Gasteiger partial charge in [-0.3, -0.25) is 9.59 Å². The van der Waals surface area contributed by atoms with Crippen LogP contribution in [0, 0.1) is 13.8 Å². The number of anilines is 1. The first-order chi connectivity index (χ1) is 9.47. The zero-order valence-corrected chi connectivity index (χ0v) is 11.2. The van der Waals surface area contributed by atoms with Crippen molar-refractivity contribution in [2.75, 3.05) is 18.0 Å². The van der Waals surface area contributed by atoms with E-state index in [4.69, 9.17) is 4.74 Å². The predicted octanol–water partition coefficient (Wildman–Crippen LogP) is 0.941. The normalized spacial score (nSPS) is 21.0. The third-order valence-electron chi connectivity index (χ3n) is 3.53. The van der Waals surface area contributed by atoms with Crippen molar-refractivity contribution in [1.29, 1.82) is 0 Å². The number of benzene rings is 1. The van der Waals surface area contributed by atoms with Gasteiger partial charge in [0.25, 0.3) is 11.7 Å². The first-order valence-corrected chi connectivity index (χ1v) is 6.39. The fraction of sp³-hybridized carbons (Fsp3) is 0.357. The second-order valence-corrected chi connectivity index (χ2v) is 5.13. The number of hydrogen-bond donors (Lipinski definition) is 1. The summed E-state index contributed by atoms with van der Waals surface area (Å²) in [7, 11) is 0. The Bertz CT molecular complexity index is 638. The number of nitrogens with one attached hydrogen (secondary N) is 1. The smallest absolute Gasteiger partial charge is 0.407 e. The molecule has 0 aliphatic carbocycles. The van der Waals surface area contributed by atoms with E-state index in [1.54, 1.807) is 6.07 Å². The lowest BCUT2D eigenvalue weighted by atomic mass is 10.0. The molecule has 0 bridgehead atoms. The predicted molar refractivity (Wildman–Crippen MR) is 70.9 cm³/mol. The lowest BCUT2D eigenvalue weighted by Crippen LogP contribution is -2.38. The number of fused-ring (bicyclic) bond motifs is 1. The Hall–Kier alpha value is -2.37. The average Bonchev–Trinajstić information content (AvgIpc) is 2.88. The van der Waals surface area contributed by atoms with Crippen LogP contribution in [0.4, 0.5) is 10.5 Å². The highest BCUT2D eigenvalue weighted by atomic mass is 16.6. The van der Waals surface area contributed by atoms with Gasteiger partial charge in [-0.15, -0.1) is 0 Å². The Morgan fingerprint density at radius 2 is 2.05 bits per heavy atom. The van der Waals surface area contributed by atoms with Gasteiger partial charge in [-0.25, -0.2) is 4.79 Å². The van der Waals surface area contributed by atoms with Gasteiger partial charge in [0.15, 0.2) is 0 Å². The van der Waals surface area contributed by atoms with E-state index < -0.39 is 23.9 Å². The van der Waals surface area contributed by atoms with Gasteiger partial charge < -0.3 is 15.0 Å². The maximum Gasteiger partial charge on any atom is 0.407 e. The summed E-state index contributed by atoms with van der Waals surface area (Å²) in [6.07, 6.45) is -0.917. The molecule has 2 aliphatic rings. The highest BCUT2D eigenvalue weighted by molar-refractivity contribution is 6.52. The summed E-state index contributed by atoms with van der Waals surface area (Å²) in [6, 6.07) is 3.65. The van der Waals surface area contributed by atoms with E-state index in [0.29, 0.717) is 17.8 Å². The molecule has 20 heavy (non-hydrogen) atoms. The van der Waals surface area contributed by atoms with Gasteiger partial charge >= 0.3 is 6.09 Å². The average molecular weight is 274 g/mol. The van der Waals surface area contributed by atoms with E-state index in [1.165, 1.54) is 4.90 Å². The Balaban J connectivity index is 1.96. The minimum atomic E-state index is -0.559. The molecule has 1 unspecified atom stereocenters. The first kappa shape index (κ1) is 12.7. The van der Waals surface area contributed by atoms with E-state index in [0.717, 1.165) is 11.1 Å². The number of Topliss-reactive ketones (excluding diaryl/α,β-unsaturated/α-hetero) is 1. The third kappa shape index (κ3) is 1.84. The molecule has 1 fully saturated rings. The number of nitrogens with zero attached hydrogens (tertiary/aromatic N) is 1. The van der Waals surface area contributed by atoms with Crippen molar-refractivity contribution in [2.24, 2.45) is 0 Å². The van der Waals surface area contributed by atoms with E-state index >= 15 is 0 Å². The van der Waals surface area contributed by atoms with Crippen LogP contribution in [0.5, 0.6) is 0 Å². The SMILES string of the molecule is Cc1cc(C)c2c(c1)C(=O)C(=O)N2CC1CNC(=O)O1. The van der Waals surface area contributed by atoms with E-state index in [1.807, 2.05) is 19.9 Å². The Morgan fingerprint density at radius 3 is 2.70 bits per heavy atom. The monoisotopic (exact) mass is 274 g/mol. The molecule has 1 atom stereocenters. The molecular formula is C14H14N2O4. The summed E-state index contributed by atoms with van der Waals surface area (Å²) < 4.78 is 5.03. The summed E-state index contributed by atoms with van der Waals surface area (Å²) in [5.74, 6) is -1.05. The van der Waals surface area contributed by atoms with Gasteiger partial charge in [-0.2, -0.15) is 0 Å². The quantitative estimate of drug-likeness (QED) is 0.814. The zero-order valence-electron chi connectivity index (χ0n) is 11.2. The largest absolute Gasteiger partial charge is 0.442 e. The van der Waals surface area contributed by atoms with Crippen LogP contribution in [0.15, 0.2) is 12.1 Å². The second-order valence-electron chi connectivity index (χ2n) is 5.13. The van der Waals surface area contributed by atoms with Crippen LogP contribution >= 0.6 is 0 Å². The molecular weight excluding hydrogens is 260 g/mol. The van der Waals surface area contributed by atoms with Crippen molar-refractivity contribution in [3.8, 4) is 0 Å². The van der Waals surface area contributed by atoms with Crippen molar-refractivity contribution in [2.45, 2.75) is 20.0 Å². The van der Waals surface area contributed by atoms with Crippen molar-refractivity contribution in [1.82, 2.24) is 5.32 Å². The van der Waals surface area contributed by atoms with E-state index in [9.17, 15) is 14.4 Å². The van der Waals surface area contributed by atoms with Crippen molar-refractivity contribution in [3.05, 3.63) is 28.8 Å². The standard InChI is InChI=1S/C14H14N2O4/c1-7-3-8(2)11-10(4-7)12(17)13(18)16(11)6-9-5-15-14(19)20-9/h3-4,9H,5-6H2,1-2H3,(H,15,19). The molecule has 0 saturated carbocycles. The van der Waals surface area contributed by atoms with E-state index in [2.05, 4.69) is 5.32 Å². The van der Waals surface area contributed by atoms with Crippen molar-refractivity contribution >= 4 is 23.5 Å². The number of carbonyl (C=O) groups is 3. The molecule has 6 nitrogen and oxygen atoms in total. The van der Waals surface area contributed by atoms with Gasteiger partial charge in [0.2, 0.25) is 0 Å². The fourth-order valence-corrected chi connectivity index (χ4v) is 2.74. The molecule has 3 rings (SSSR count). The van der Waals surface area contributed by atoms with Crippen LogP contribution in [-0.4, -0.2) is 37.0 Å². The highest BCUT2D eigenvalue weighted by Crippen LogP contribution is 2.33. The fourth-order valence-electron chi connectivity index (χ4n) is 2.74. The first-order valence-electron chi connectivity index (χ1n) is 6.39. The lowest BCUT2D eigenvalue weighted by Gasteiger charge is -2.21. The molecule has 0 spiro atoms. The minimum absolute atomic E-state index is 0.195. The number of ether oxygens (including phenoxy) is 1. The molecule has 104 valence electrons. The van der Waals surface area contributed by atoms with Crippen LogP contribution in [0.2, 0.25) is 0 Å². The number of aryl methyl sites for hydroxylation is 2. The summed E-state index contributed by atoms with van der Waals surface area (Å²) >= 11 is 0. The maximum absolute atomic E-state index is 12.1.